The topological polar surface area (TPSA) is 9.23 Å². The fourth-order valence-corrected chi connectivity index (χ4v) is 6.32. The van der Waals surface area contributed by atoms with Gasteiger partial charge in [0, 0.05) is 21.6 Å². The van der Waals surface area contributed by atoms with Gasteiger partial charge >= 0.3 is 0 Å². The van der Waals surface area contributed by atoms with E-state index in [4.69, 9.17) is 4.74 Å². The summed E-state index contributed by atoms with van der Waals surface area (Å²) >= 11 is 3.89. The predicted octanol–water partition coefficient (Wildman–Crippen LogP) is 5.70. The summed E-state index contributed by atoms with van der Waals surface area (Å²) in [6.07, 6.45) is 5.75. The lowest BCUT2D eigenvalue weighted by Crippen LogP contribution is -2.20. The Hall–Kier alpha value is -0.800. The highest BCUT2D eigenvalue weighted by atomic mass is 32.2. The molecule has 0 heterocycles. The van der Waals surface area contributed by atoms with E-state index in [1.165, 1.54) is 12.0 Å². The van der Waals surface area contributed by atoms with E-state index in [1.807, 2.05) is 23.5 Å². The van der Waals surface area contributed by atoms with Crippen molar-refractivity contribution >= 4 is 23.5 Å². The molecule has 0 unspecified atom stereocenters. The van der Waals surface area contributed by atoms with Crippen molar-refractivity contribution in [2.24, 2.45) is 11.8 Å². The van der Waals surface area contributed by atoms with Gasteiger partial charge in [0.15, 0.2) is 0 Å². The van der Waals surface area contributed by atoms with Gasteiger partial charge in [0.1, 0.15) is 5.75 Å². The van der Waals surface area contributed by atoms with Gasteiger partial charge in [-0.1, -0.05) is 23.3 Å². The molecule has 22 heavy (non-hydrogen) atoms. The van der Waals surface area contributed by atoms with Gasteiger partial charge in [0.25, 0.3) is 0 Å². The van der Waals surface area contributed by atoms with Gasteiger partial charge in [-0.15, -0.1) is 23.5 Å². The quantitative estimate of drug-likeness (QED) is 0.654. The molecule has 0 saturated carbocycles. The lowest BCUT2D eigenvalue weighted by Gasteiger charge is -2.34. The lowest BCUT2D eigenvalue weighted by molar-refractivity contribution is 0.414. The Labute approximate surface area is 142 Å². The summed E-state index contributed by atoms with van der Waals surface area (Å²) in [5.74, 6) is 2.78. The van der Waals surface area contributed by atoms with Crippen LogP contribution in [0.4, 0.5) is 0 Å². The Morgan fingerprint density at radius 1 is 0.955 bits per heavy atom. The minimum atomic E-state index is 0.511. The van der Waals surface area contributed by atoms with Crippen molar-refractivity contribution in [3.05, 3.63) is 50.8 Å². The molecule has 118 valence electrons. The van der Waals surface area contributed by atoms with Crippen LogP contribution in [0.5, 0.6) is 5.75 Å². The molecule has 3 rings (SSSR count). The molecule has 2 bridgehead atoms. The third-order valence-corrected chi connectivity index (χ3v) is 7.34. The van der Waals surface area contributed by atoms with Crippen LogP contribution in [0.2, 0.25) is 0 Å². The van der Waals surface area contributed by atoms with E-state index >= 15 is 0 Å². The molecular weight excluding hydrogens is 308 g/mol. The number of methoxy groups -OCH3 is 1. The second-order valence-electron chi connectivity index (χ2n) is 6.15. The summed E-state index contributed by atoms with van der Waals surface area (Å²) in [5, 5.41) is 0. The van der Waals surface area contributed by atoms with E-state index in [9.17, 15) is 0 Å². The molecule has 2 aliphatic rings. The molecule has 0 N–H and O–H groups in total. The zero-order chi connectivity index (χ0) is 15.9. The van der Waals surface area contributed by atoms with Gasteiger partial charge < -0.3 is 4.74 Å². The van der Waals surface area contributed by atoms with Crippen LogP contribution in [0.1, 0.15) is 31.7 Å². The molecule has 0 aromatic heterocycles. The van der Waals surface area contributed by atoms with Crippen LogP contribution in [0.15, 0.2) is 45.2 Å². The average molecular weight is 333 g/mol. The maximum Gasteiger partial charge on any atom is 0.118 e. The second-order valence-corrected chi connectivity index (χ2v) is 7.84. The summed E-state index contributed by atoms with van der Waals surface area (Å²) in [6.45, 7) is 4.68. The van der Waals surface area contributed by atoms with Gasteiger partial charge in [-0.05, 0) is 56.4 Å². The van der Waals surface area contributed by atoms with Crippen molar-refractivity contribution in [3.63, 3.8) is 0 Å². The number of fused-ring (bicyclic) bond motifs is 2. The molecule has 3 heteroatoms. The van der Waals surface area contributed by atoms with Gasteiger partial charge in [0.2, 0.25) is 0 Å². The SMILES string of the molecule is COc1ccc([C@H]2C(SC)=C(SC)[C@H]3C[C@@H]2C(C)=C3C)cc1. The van der Waals surface area contributed by atoms with Gasteiger partial charge in [-0.2, -0.15) is 0 Å². The zero-order valence-electron chi connectivity index (χ0n) is 14.0. The van der Waals surface area contributed by atoms with E-state index in [-0.39, 0.29) is 0 Å². The highest BCUT2D eigenvalue weighted by Crippen LogP contribution is 2.59. The number of rotatable bonds is 4. The molecular formula is C19H24OS2. The molecule has 0 amide bonds. The maximum absolute atomic E-state index is 5.32. The number of allylic oxidation sites excluding steroid dienone is 4. The molecule has 0 saturated heterocycles. The van der Waals surface area contributed by atoms with Crippen molar-refractivity contribution < 1.29 is 4.74 Å². The Bertz CT molecular complexity index is 627. The van der Waals surface area contributed by atoms with Crippen LogP contribution >= 0.6 is 23.5 Å². The van der Waals surface area contributed by atoms with Crippen LogP contribution in [0.3, 0.4) is 0 Å². The van der Waals surface area contributed by atoms with Crippen LogP contribution in [0.25, 0.3) is 0 Å². The van der Waals surface area contributed by atoms with Gasteiger partial charge in [-0.3, -0.25) is 0 Å². The molecule has 0 radical (unpaired) electrons. The molecule has 1 nitrogen and oxygen atoms in total. The van der Waals surface area contributed by atoms with Gasteiger partial charge in [0.05, 0.1) is 7.11 Å². The number of thioether (sulfide) groups is 2. The van der Waals surface area contributed by atoms with E-state index in [1.54, 1.807) is 28.1 Å². The van der Waals surface area contributed by atoms with Crippen molar-refractivity contribution in [2.75, 3.05) is 19.6 Å². The third-order valence-electron chi connectivity index (χ3n) is 5.35. The normalized spacial score (nSPS) is 27.6. The third kappa shape index (κ3) is 2.43. The number of benzene rings is 1. The number of hydrogen-bond donors (Lipinski definition) is 0. The molecule has 3 atom stereocenters. The molecule has 2 aliphatic carbocycles. The Kier molecular flexibility index (Phi) is 4.65. The van der Waals surface area contributed by atoms with Crippen molar-refractivity contribution in [2.45, 2.75) is 26.2 Å². The van der Waals surface area contributed by atoms with Crippen LogP contribution in [-0.2, 0) is 0 Å². The summed E-state index contributed by atoms with van der Waals surface area (Å²) < 4.78 is 5.32. The fourth-order valence-electron chi connectivity index (χ4n) is 4.04. The zero-order valence-corrected chi connectivity index (χ0v) is 15.6. The van der Waals surface area contributed by atoms with E-state index in [2.05, 4.69) is 50.6 Å². The van der Waals surface area contributed by atoms with E-state index in [0.717, 1.165) is 5.75 Å². The van der Waals surface area contributed by atoms with Crippen molar-refractivity contribution in [1.82, 2.24) is 0 Å². The fraction of sp³-hybridized carbons (Fsp3) is 0.474. The monoisotopic (exact) mass is 332 g/mol. The Morgan fingerprint density at radius 2 is 1.59 bits per heavy atom. The lowest BCUT2D eigenvalue weighted by atomic mass is 9.77. The first-order chi connectivity index (χ1) is 10.6. The molecule has 1 aromatic carbocycles. The first-order valence-electron chi connectivity index (χ1n) is 7.75. The van der Waals surface area contributed by atoms with Crippen LogP contribution in [0, 0.1) is 11.8 Å². The maximum atomic E-state index is 5.32. The van der Waals surface area contributed by atoms with Crippen LogP contribution < -0.4 is 4.74 Å². The Morgan fingerprint density at radius 3 is 2.14 bits per heavy atom. The van der Waals surface area contributed by atoms with E-state index < -0.39 is 0 Å². The first kappa shape index (κ1) is 16.1. The summed E-state index contributed by atoms with van der Waals surface area (Å²) in [5.41, 5.74) is 4.65. The summed E-state index contributed by atoms with van der Waals surface area (Å²) in [4.78, 5) is 3.18. The molecule has 1 aromatic rings. The standard InChI is InChI=1S/C19H24OS2/c1-11-12(2)16-10-15(11)17(19(22-5)18(16)21-4)13-6-8-14(20-3)9-7-13/h6-9,15-17H,10H2,1-5H3/t15-,16+,17-/m1/s1. The molecule has 0 fully saturated rings. The highest BCUT2D eigenvalue weighted by molar-refractivity contribution is 8.06. The minimum Gasteiger partial charge on any atom is -0.497 e. The largest absolute Gasteiger partial charge is 0.497 e. The smallest absolute Gasteiger partial charge is 0.118 e. The minimum absolute atomic E-state index is 0.511. The average Bonchev–Trinajstić information content (AvgIpc) is 2.81. The van der Waals surface area contributed by atoms with E-state index in [0.29, 0.717) is 17.8 Å². The van der Waals surface area contributed by atoms with Crippen molar-refractivity contribution in [3.8, 4) is 5.75 Å². The number of ether oxygens (including phenoxy) is 1. The Balaban J connectivity index is 2.10. The molecule has 0 spiro atoms. The predicted molar refractivity (Wildman–Crippen MR) is 99.8 cm³/mol. The van der Waals surface area contributed by atoms with Crippen molar-refractivity contribution in [1.29, 1.82) is 0 Å². The second kappa shape index (κ2) is 6.37. The van der Waals surface area contributed by atoms with Crippen LogP contribution in [-0.4, -0.2) is 19.6 Å². The highest BCUT2D eigenvalue weighted by Gasteiger charge is 2.43. The van der Waals surface area contributed by atoms with Gasteiger partial charge in [-0.25, -0.2) is 0 Å². The molecule has 0 aliphatic heterocycles. The number of hydrogen-bond acceptors (Lipinski definition) is 3. The summed E-state index contributed by atoms with van der Waals surface area (Å²) in [7, 11) is 1.73. The summed E-state index contributed by atoms with van der Waals surface area (Å²) in [6, 6.07) is 8.69. The first-order valence-corrected chi connectivity index (χ1v) is 10.2.